The third-order valence-electron chi connectivity index (χ3n) is 7.24. The molecule has 1 atom stereocenters. The first-order valence-corrected chi connectivity index (χ1v) is 14.4. The van der Waals surface area contributed by atoms with E-state index in [0.29, 0.717) is 35.7 Å². The van der Waals surface area contributed by atoms with Gasteiger partial charge >= 0.3 is 12.1 Å². The van der Waals surface area contributed by atoms with Crippen molar-refractivity contribution >= 4 is 28.9 Å². The molecular formula is C32H36N4O8. The lowest BCUT2D eigenvalue weighted by Gasteiger charge is -2.21. The topological polar surface area (TPSA) is 158 Å². The van der Waals surface area contributed by atoms with Crippen molar-refractivity contribution in [2.75, 3.05) is 13.2 Å². The van der Waals surface area contributed by atoms with Gasteiger partial charge in [0.15, 0.2) is 6.10 Å². The summed E-state index contributed by atoms with van der Waals surface area (Å²) in [6.07, 6.45) is -1.51. The minimum absolute atomic E-state index is 0.149. The van der Waals surface area contributed by atoms with E-state index in [9.17, 15) is 24.3 Å². The van der Waals surface area contributed by atoms with Gasteiger partial charge in [0.1, 0.15) is 24.6 Å². The zero-order valence-electron chi connectivity index (χ0n) is 25.2. The van der Waals surface area contributed by atoms with Crippen molar-refractivity contribution in [3.8, 4) is 17.1 Å². The predicted molar refractivity (Wildman–Crippen MR) is 161 cm³/mol. The molecule has 3 N–H and O–H groups in total. The summed E-state index contributed by atoms with van der Waals surface area (Å²) in [6, 6.07) is 7.07. The summed E-state index contributed by atoms with van der Waals surface area (Å²) in [5.74, 6) is -0.421. The van der Waals surface area contributed by atoms with Crippen LogP contribution in [0.4, 0.5) is 4.79 Å². The summed E-state index contributed by atoms with van der Waals surface area (Å²) < 4.78 is 17.6. The number of hydrogen-bond acceptors (Lipinski definition) is 9. The molecular weight excluding hydrogens is 568 g/mol. The first-order valence-electron chi connectivity index (χ1n) is 14.4. The van der Waals surface area contributed by atoms with E-state index in [1.165, 1.54) is 0 Å². The summed E-state index contributed by atoms with van der Waals surface area (Å²) in [4.78, 5) is 55.1. The Balaban J connectivity index is 1.43. The van der Waals surface area contributed by atoms with Crippen LogP contribution in [0.15, 0.2) is 41.2 Å². The van der Waals surface area contributed by atoms with E-state index in [0.717, 1.165) is 22.1 Å². The van der Waals surface area contributed by atoms with Crippen molar-refractivity contribution in [2.45, 2.75) is 71.9 Å². The van der Waals surface area contributed by atoms with Gasteiger partial charge in [-0.05, 0) is 69.5 Å². The zero-order valence-corrected chi connectivity index (χ0v) is 25.2. The van der Waals surface area contributed by atoms with Gasteiger partial charge in [-0.1, -0.05) is 6.58 Å². The summed E-state index contributed by atoms with van der Waals surface area (Å²) >= 11 is 0. The van der Waals surface area contributed by atoms with Crippen molar-refractivity contribution in [1.82, 2.24) is 20.2 Å². The van der Waals surface area contributed by atoms with Crippen LogP contribution < -0.4 is 20.9 Å². The molecule has 1 unspecified atom stereocenters. The molecule has 0 saturated heterocycles. The molecule has 0 saturated carbocycles. The van der Waals surface area contributed by atoms with Crippen molar-refractivity contribution in [3.63, 3.8) is 0 Å². The Labute approximate surface area is 254 Å². The Morgan fingerprint density at radius 3 is 2.68 bits per heavy atom. The maximum Gasteiger partial charge on any atom is 0.407 e. The lowest BCUT2D eigenvalue weighted by molar-refractivity contribution is -0.157. The average Bonchev–Trinajstić information content (AvgIpc) is 3.32. The van der Waals surface area contributed by atoms with Crippen LogP contribution in [-0.2, 0) is 38.8 Å². The number of ether oxygens (including phenoxy) is 3. The van der Waals surface area contributed by atoms with Gasteiger partial charge in [0, 0.05) is 36.0 Å². The van der Waals surface area contributed by atoms with Crippen LogP contribution in [0.1, 0.15) is 68.9 Å². The van der Waals surface area contributed by atoms with E-state index in [1.54, 1.807) is 37.5 Å². The summed E-state index contributed by atoms with van der Waals surface area (Å²) in [6.45, 7) is 11.8. The number of hydrogen-bond donors (Lipinski definition) is 3. The Kier molecular flexibility index (Phi) is 8.46. The number of rotatable bonds is 9. The number of alkyl carbamates (subject to hydrolysis) is 1. The fourth-order valence-corrected chi connectivity index (χ4v) is 5.21. The van der Waals surface area contributed by atoms with E-state index < -0.39 is 23.8 Å². The molecule has 0 fully saturated rings. The Morgan fingerprint density at radius 1 is 1.18 bits per heavy atom. The molecule has 2 amide bonds. The van der Waals surface area contributed by atoms with Gasteiger partial charge in [-0.3, -0.25) is 9.59 Å². The summed E-state index contributed by atoms with van der Waals surface area (Å²) in [5, 5.41) is 16.8. The third kappa shape index (κ3) is 6.45. The number of pyridine rings is 2. The largest absolute Gasteiger partial charge is 0.489 e. The number of cyclic esters (lactones) is 1. The van der Waals surface area contributed by atoms with Crippen LogP contribution in [0.5, 0.6) is 5.75 Å². The molecule has 1 aromatic carbocycles. The van der Waals surface area contributed by atoms with Gasteiger partial charge in [0.05, 0.1) is 29.0 Å². The molecule has 0 spiro atoms. The maximum absolute atomic E-state index is 13.5. The quantitative estimate of drug-likeness (QED) is 0.148. The molecule has 0 bridgehead atoms. The normalized spacial score (nSPS) is 15.1. The lowest BCUT2D eigenvalue weighted by Crippen LogP contribution is -2.33. The van der Waals surface area contributed by atoms with Crippen LogP contribution in [-0.4, -0.2) is 51.4 Å². The maximum atomic E-state index is 13.5. The number of nitrogens with zero attached hydrogens (tertiary/aromatic N) is 2. The second kappa shape index (κ2) is 12.1. The molecule has 2 aliphatic heterocycles. The summed E-state index contributed by atoms with van der Waals surface area (Å²) in [7, 11) is 0. The molecule has 0 aliphatic carbocycles. The minimum atomic E-state index is -1.56. The highest BCUT2D eigenvalue weighted by Crippen LogP contribution is 2.38. The number of amides is 2. The molecule has 232 valence electrons. The molecule has 4 heterocycles. The number of aliphatic hydroxyl groups is 1. The number of carbonyl (C=O) groups excluding carboxylic acids is 3. The standard InChI is InChI=1S/C32H36N4O8/c1-17(2)15-42-18-8-9-24-19(11-18)21(13-34-26(37)7-6-10-33-31(41)44-32(3,4)5)22-14-36-25(27(22)35-24)12-20-23(29(36)39)16-43-30(40)28(20)38/h8-9,11-12,28,38H,1,6-7,10,13-16H2,2-5H3,(H,33,41)(H,34,37). The highest BCUT2D eigenvalue weighted by Gasteiger charge is 2.34. The SMILES string of the molecule is C=C(C)COc1ccc2nc3c(c(CNC(=O)CCCNC(=O)OC(C)(C)C)c2c1)Cn1c-3cc2c(c1=O)COC(=O)C2O. The zero-order chi connectivity index (χ0) is 31.8. The predicted octanol–water partition coefficient (Wildman–Crippen LogP) is 3.39. The fraction of sp³-hybridized carbons (Fsp3) is 0.406. The van der Waals surface area contributed by atoms with E-state index in [1.807, 2.05) is 19.1 Å². The van der Waals surface area contributed by atoms with Gasteiger partial charge in [-0.25, -0.2) is 14.6 Å². The second-order valence-corrected chi connectivity index (χ2v) is 12.0. The smallest absolute Gasteiger partial charge is 0.407 e. The average molecular weight is 605 g/mol. The highest BCUT2D eigenvalue weighted by molar-refractivity contribution is 5.90. The van der Waals surface area contributed by atoms with Gasteiger partial charge in [0.2, 0.25) is 5.91 Å². The van der Waals surface area contributed by atoms with Crippen LogP contribution in [0, 0.1) is 0 Å². The van der Waals surface area contributed by atoms with E-state index in [4.69, 9.17) is 19.2 Å². The van der Waals surface area contributed by atoms with Crippen LogP contribution in [0.25, 0.3) is 22.3 Å². The third-order valence-corrected chi connectivity index (χ3v) is 7.24. The molecule has 0 radical (unpaired) electrons. The highest BCUT2D eigenvalue weighted by atomic mass is 16.6. The number of aliphatic hydroxyl groups excluding tert-OH is 1. The van der Waals surface area contributed by atoms with Crippen molar-refractivity contribution < 1.29 is 33.7 Å². The fourth-order valence-electron chi connectivity index (χ4n) is 5.21. The summed E-state index contributed by atoms with van der Waals surface area (Å²) in [5.41, 5.74) is 3.44. The number of esters is 1. The Morgan fingerprint density at radius 2 is 1.95 bits per heavy atom. The van der Waals surface area contributed by atoms with Crippen LogP contribution >= 0.6 is 0 Å². The second-order valence-electron chi connectivity index (χ2n) is 12.0. The first kappa shape index (κ1) is 30.7. The van der Waals surface area contributed by atoms with E-state index in [-0.39, 0.29) is 55.3 Å². The van der Waals surface area contributed by atoms with Gasteiger partial charge < -0.3 is 34.5 Å². The first-order chi connectivity index (χ1) is 20.8. The van der Waals surface area contributed by atoms with Crippen LogP contribution in [0.3, 0.4) is 0 Å². The Hall–Kier alpha value is -4.71. The lowest BCUT2D eigenvalue weighted by atomic mass is 9.98. The van der Waals surface area contributed by atoms with Crippen LogP contribution in [0.2, 0.25) is 0 Å². The monoisotopic (exact) mass is 604 g/mol. The molecule has 3 aromatic rings. The molecule has 2 aliphatic rings. The molecule has 2 aromatic heterocycles. The van der Waals surface area contributed by atoms with Crippen molar-refractivity contribution in [2.24, 2.45) is 0 Å². The van der Waals surface area contributed by atoms with E-state index in [2.05, 4.69) is 17.2 Å². The Bertz CT molecular complexity index is 1740. The van der Waals surface area contributed by atoms with Crippen molar-refractivity contribution in [1.29, 1.82) is 0 Å². The van der Waals surface area contributed by atoms with Gasteiger partial charge in [0.25, 0.3) is 5.56 Å². The molecule has 12 heteroatoms. The number of fused-ring (bicyclic) bond motifs is 5. The number of carbonyl (C=O) groups is 3. The molecule has 44 heavy (non-hydrogen) atoms. The molecule has 5 rings (SSSR count). The number of nitrogens with one attached hydrogen (secondary N) is 2. The minimum Gasteiger partial charge on any atom is -0.489 e. The van der Waals surface area contributed by atoms with Crippen molar-refractivity contribution in [3.05, 3.63) is 69.0 Å². The van der Waals surface area contributed by atoms with Gasteiger partial charge in [-0.15, -0.1) is 0 Å². The number of benzene rings is 1. The molecule has 12 nitrogen and oxygen atoms in total. The van der Waals surface area contributed by atoms with Gasteiger partial charge in [-0.2, -0.15) is 0 Å². The van der Waals surface area contributed by atoms with E-state index >= 15 is 0 Å². The number of aromatic nitrogens is 2.